The van der Waals surface area contributed by atoms with E-state index in [1.807, 2.05) is 36.1 Å². The topological polar surface area (TPSA) is 67.9 Å². The van der Waals surface area contributed by atoms with E-state index in [2.05, 4.69) is 5.32 Å². The number of likely N-dealkylation sites (tertiary alicyclic amines) is 1. The van der Waals surface area contributed by atoms with Gasteiger partial charge in [-0.05, 0) is 62.4 Å². The maximum atomic E-state index is 12.5. The molecule has 1 heterocycles. The quantitative estimate of drug-likeness (QED) is 0.641. The van der Waals surface area contributed by atoms with Crippen LogP contribution >= 0.6 is 11.6 Å². The number of nitrogens with one attached hydrogen (secondary N) is 1. The Hall–Kier alpha value is -2.73. The number of piperidine rings is 1. The predicted octanol–water partition coefficient (Wildman–Crippen LogP) is 4.69. The molecule has 166 valence electrons. The molecule has 0 saturated carbocycles. The van der Waals surface area contributed by atoms with Crippen LogP contribution in [0.3, 0.4) is 0 Å². The van der Waals surface area contributed by atoms with Crippen molar-refractivity contribution in [1.82, 2.24) is 4.90 Å². The largest absolute Gasteiger partial charge is 0.495 e. The number of benzene rings is 2. The number of carbonyl (C=O) groups excluding carboxylic acids is 2. The minimum absolute atomic E-state index is 0.0115. The van der Waals surface area contributed by atoms with Gasteiger partial charge in [0, 0.05) is 25.2 Å². The fourth-order valence-electron chi connectivity index (χ4n) is 3.70. The summed E-state index contributed by atoms with van der Waals surface area (Å²) in [4.78, 5) is 26.7. The fourth-order valence-corrected chi connectivity index (χ4v) is 3.96. The second-order valence-electron chi connectivity index (χ2n) is 7.89. The highest BCUT2D eigenvalue weighted by Crippen LogP contribution is 2.27. The van der Waals surface area contributed by atoms with Gasteiger partial charge in [0.15, 0.2) is 6.61 Å². The zero-order chi connectivity index (χ0) is 22.2. The van der Waals surface area contributed by atoms with Crippen LogP contribution in [-0.4, -0.2) is 43.5 Å². The van der Waals surface area contributed by atoms with Crippen LogP contribution in [0.2, 0.25) is 5.02 Å². The van der Waals surface area contributed by atoms with Gasteiger partial charge in [0.1, 0.15) is 11.5 Å². The highest BCUT2D eigenvalue weighted by molar-refractivity contribution is 6.32. The first-order valence-electron chi connectivity index (χ1n) is 10.5. The molecule has 0 bridgehead atoms. The van der Waals surface area contributed by atoms with E-state index in [1.54, 1.807) is 25.3 Å². The summed E-state index contributed by atoms with van der Waals surface area (Å²) in [5.74, 6) is 1.50. The first-order chi connectivity index (χ1) is 14.9. The number of halogens is 1. The van der Waals surface area contributed by atoms with E-state index in [0.29, 0.717) is 41.1 Å². The minimum Gasteiger partial charge on any atom is -0.495 e. The number of ether oxygens (including phenoxy) is 2. The van der Waals surface area contributed by atoms with E-state index in [9.17, 15) is 9.59 Å². The van der Waals surface area contributed by atoms with Crippen LogP contribution in [0.1, 0.15) is 31.2 Å². The number of hydrogen-bond donors (Lipinski definition) is 1. The third-order valence-corrected chi connectivity index (χ3v) is 5.77. The average Bonchev–Trinajstić information content (AvgIpc) is 2.77. The minimum atomic E-state index is -0.0626. The highest BCUT2D eigenvalue weighted by Gasteiger charge is 2.24. The van der Waals surface area contributed by atoms with Crippen molar-refractivity contribution in [3.63, 3.8) is 0 Å². The average molecular weight is 445 g/mol. The summed E-state index contributed by atoms with van der Waals surface area (Å²) in [5.41, 5.74) is 1.79. The van der Waals surface area contributed by atoms with E-state index in [-0.39, 0.29) is 18.4 Å². The SMILES string of the molecule is COc1ccc(NC(=O)CC[C@H]2CCCN(C(=O)COc3ccc(C)cc3)C2)cc1Cl. The van der Waals surface area contributed by atoms with Crippen LogP contribution in [0.4, 0.5) is 5.69 Å². The van der Waals surface area contributed by atoms with Gasteiger partial charge in [0.2, 0.25) is 5.91 Å². The van der Waals surface area contributed by atoms with Gasteiger partial charge in [0.25, 0.3) is 5.91 Å². The van der Waals surface area contributed by atoms with Crippen LogP contribution in [0, 0.1) is 12.8 Å². The Labute approximate surface area is 188 Å². The summed E-state index contributed by atoms with van der Waals surface area (Å²) in [6.07, 6.45) is 3.09. The van der Waals surface area contributed by atoms with Gasteiger partial charge in [-0.1, -0.05) is 29.3 Å². The third kappa shape index (κ3) is 6.89. The number of hydrogen-bond acceptors (Lipinski definition) is 4. The molecule has 1 fully saturated rings. The van der Waals surface area contributed by atoms with E-state index in [1.165, 1.54) is 0 Å². The van der Waals surface area contributed by atoms with Crippen molar-refractivity contribution in [2.45, 2.75) is 32.6 Å². The second kappa shape index (κ2) is 11.0. The van der Waals surface area contributed by atoms with Crippen LogP contribution in [0.25, 0.3) is 0 Å². The molecule has 0 radical (unpaired) electrons. The van der Waals surface area contributed by atoms with Gasteiger partial charge in [-0.3, -0.25) is 9.59 Å². The lowest BCUT2D eigenvalue weighted by atomic mass is 9.93. The molecule has 1 N–H and O–H groups in total. The summed E-state index contributed by atoms with van der Waals surface area (Å²) in [5, 5.41) is 3.32. The molecular weight excluding hydrogens is 416 g/mol. The van der Waals surface area contributed by atoms with Gasteiger partial charge < -0.3 is 19.7 Å². The highest BCUT2D eigenvalue weighted by atomic mass is 35.5. The lowest BCUT2D eigenvalue weighted by molar-refractivity contribution is -0.135. The van der Waals surface area contributed by atoms with Gasteiger partial charge in [0.05, 0.1) is 12.1 Å². The van der Waals surface area contributed by atoms with Crippen molar-refractivity contribution in [1.29, 1.82) is 0 Å². The van der Waals surface area contributed by atoms with Crippen LogP contribution < -0.4 is 14.8 Å². The zero-order valence-electron chi connectivity index (χ0n) is 18.0. The monoisotopic (exact) mass is 444 g/mol. The van der Waals surface area contributed by atoms with Gasteiger partial charge >= 0.3 is 0 Å². The molecule has 31 heavy (non-hydrogen) atoms. The van der Waals surface area contributed by atoms with Gasteiger partial charge in [-0.2, -0.15) is 0 Å². The number of methoxy groups -OCH3 is 1. The first kappa shape index (κ1) is 22.9. The molecule has 0 aliphatic carbocycles. The second-order valence-corrected chi connectivity index (χ2v) is 8.29. The molecular formula is C24H29ClN2O4. The molecule has 2 aromatic carbocycles. The standard InChI is InChI=1S/C24H29ClN2O4/c1-17-5-9-20(10-6-17)31-16-24(29)27-13-3-4-18(15-27)7-12-23(28)26-19-8-11-22(30-2)21(25)14-19/h5-6,8-11,14,18H,3-4,7,12-13,15-16H2,1-2H3,(H,26,28)/t18-/m1/s1. The Morgan fingerprint density at radius 1 is 1.19 bits per heavy atom. The van der Waals surface area contributed by atoms with Crippen molar-refractivity contribution in [3.05, 3.63) is 53.1 Å². The van der Waals surface area contributed by atoms with Gasteiger partial charge in [-0.15, -0.1) is 0 Å². The molecule has 1 atom stereocenters. The normalized spacial score (nSPS) is 16.0. The molecule has 0 spiro atoms. The van der Waals surface area contributed by atoms with Crippen LogP contribution in [0.5, 0.6) is 11.5 Å². The van der Waals surface area contributed by atoms with E-state index < -0.39 is 0 Å². The Balaban J connectivity index is 1.42. The van der Waals surface area contributed by atoms with Crippen molar-refractivity contribution in [2.24, 2.45) is 5.92 Å². The molecule has 1 aliphatic heterocycles. The molecule has 1 saturated heterocycles. The molecule has 1 aliphatic rings. The summed E-state index contributed by atoms with van der Waals surface area (Å²) in [6, 6.07) is 12.8. The fraction of sp³-hybridized carbons (Fsp3) is 0.417. The number of aryl methyl sites for hydroxylation is 1. The Kier molecular flexibility index (Phi) is 8.18. The Bertz CT molecular complexity index is 901. The Morgan fingerprint density at radius 3 is 2.68 bits per heavy atom. The number of amides is 2. The molecule has 2 aromatic rings. The summed E-state index contributed by atoms with van der Waals surface area (Å²) < 4.78 is 10.7. The predicted molar refractivity (Wildman–Crippen MR) is 122 cm³/mol. The number of nitrogens with zero attached hydrogens (tertiary/aromatic N) is 1. The van der Waals surface area contributed by atoms with Crippen LogP contribution in [0.15, 0.2) is 42.5 Å². The number of carbonyl (C=O) groups is 2. The lowest BCUT2D eigenvalue weighted by Gasteiger charge is -2.32. The maximum Gasteiger partial charge on any atom is 0.260 e. The molecule has 6 nitrogen and oxygen atoms in total. The van der Waals surface area contributed by atoms with E-state index in [0.717, 1.165) is 31.4 Å². The molecule has 2 amide bonds. The maximum absolute atomic E-state index is 12.5. The molecule has 7 heteroatoms. The van der Waals surface area contributed by atoms with Crippen LogP contribution in [-0.2, 0) is 9.59 Å². The summed E-state index contributed by atoms with van der Waals surface area (Å²) in [7, 11) is 1.55. The van der Waals surface area contributed by atoms with Crippen molar-refractivity contribution in [3.8, 4) is 11.5 Å². The first-order valence-corrected chi connectivity index (χ1v) is 10.9. The van der Waals surface area contributed by atoms with Crippen molar-refractivity contribution in [2.75, 3.05) is 32.1 Å². The molecule has 0 unspecified atom stereocenters. The summed E-state index contributed by atoms with van der Waals surface area (Å²) in [6.45, 7) is 3.45. The number of anilines is 1. The number of rotatable bonds is 8. The summed E-state index contributed by atoms with van der Waals surface area (Å²) >= 11 is 6.11. The third-order valence-electron chi connectivity index (χ3n) is 5.47. The molecule has 0 aromatic heterocycles. The lowest BCUT2D eigenvalue weighted by Crippen LogP contribution is -2.42. The van der Waals surface area contributed by atoms with E-state index in [4.69, 9.17) is 21.1 Å². The van der Waals surface area contributed by atoms with Gasteiger partial charge in [-0.25, -0.2) is 0 Å². The van der Waals surface area contributed by atoms with Crippen molar-refractivity contribution < 1.29 is 19.1 Å². The Morgan fingerprint density at radius 2 is 1.97 bits per heavy atom. The van der Waals surface area contributed by atoms with E-state index >= 15 is 0 Å². The molecule has 3 rings (SSSR count). The smallest absolute Gasteiger partial charge is 0.260 e. The van der Waals surface area contributed by atoms with Crippen molar-refractivity contribution >= 4 is 29.1 Å². The zero-order valence-corrected chi connectivity index (χ0v) is 18.8.